The van der Waals surface area contributed by atoms with Crippen molar-refractivity contribution in [1.29, 1.82) is 0 Å². The molecule has 3 N–H and O–H groups in total. The second-order valence-corrected chi connectivity index (χ2v) is 6.57. The highest BCUT2D eigenvalue weighted by molar-refractivity contribution is 5.96. The lowest BCUT2D eigenvalue weighted by Gasteiger charge is -2.46. The number of rotatable bonds is 3. The predicted octanol–water partition coefficient (Wildman–Crippen LogP) is 1.13. The van der Waals surface area contributed by atoms with E-state index < -0.39 is 17.8 Å². The molecule has 104 valence electrons. The molecular weight excluding hydrogens is 232 g/mol. The Bertz CT molecular complexity index is 334. The van der Waals surface area contributed by atoms with Crippen molar-refractivity contribution in [2.45, 2.75) is 64.6 Å². The molecule has 5 nitrogen and oxygen atoms in total. The van der Waals surface area contributed by atoms with Crippen LogP contribution in [0.25, 0.3) is 0 Å². The predicted molar refractivity (Wildman–Crippen MR) is 69.3 cm³/mol. The fourth-order valence-electron chi connectivity index (χ4n) is 2.86. The van der Waals surface area contributed by atoms with Crippen molar-refractivity contribution in [3.8, 4) is 0 Å². The van der Waals surface area contributed by atoms with Crippen LogP contribution in [0.4, 0.5) is 0 Å². The maximum Gasteiger partial charge on any atom is 0.315 e. The summed E-state index contributed by atoms with van der Waals surface area (Å²) in [6.45, 7) is 9.78. The first kappa shape index (κ1) is 15.0. The van der Waals surface area contributed by atoms with E-state index in [4.69, 9.17) is 5.11 Å². The van der Waals surface area contributed by atoms with E-state index in [1.165, 1.54) is 6.92 Å². The minimum atomic E-state index is -1.08. The molecule has 0 radical (unpaired) electrons. The third-order valence-corrected chi connectivity index (χ3v) is 3.30. The molecule has 1 unspecified atom stereocenters. The standard InChI is InChI=1S/C13H24N2O3/c1-8(11(17)18)10(16)14-9-6-12(2,3)15-13(4,5)7-9/h8-9,15H,6-7H2,1-5H3,(H,14,16)(H,17,18). The summed E-state index contributed by atoms with van der Waals surface area (Å²) in [7, 11) is 0. The number of carbonyl (C=O) groups excluding carboxylic acids is 1. The first-order chi connectivity index (χ1) is 8.02. The Balaban J connectivity index is 2.67. The van der Waals surface area contributed by atoms with Crippen molar-refractivity contribution in [3.63, 3.8) is 0 Å². The number of carboxylic acid groups (broad SMARTS) is 1. The van der Waals surface area contributed by atoms with E-state index in [0.29, 0.717) is 0 Å². The van der Waals surface area contributed by atoms with Gasteiger partial charge >= 0.3 is 5.97 Å². The van der Waals surface area contributed by atoms with Gasteiger partial charge in [0.2, 0.25) is 5.91 Å². The largest absolute Gasteiger partial charge is 0.481 e. The second-order valence-electron chi connectivity index (χ2n) is 6.57. The zero-order valence-corrected chi connectivity index (χ0v) is 11.8. The highest BCUT2D eigenvalue weighted by Crippen LogP contribution is 2.28. The fourth-order valence-corrected chi connectivity index (χ4v) is 2.86. The van der Waals surface area contributed by atoms with E-state index in [-0.39, 0.29) is 17.1 Å². The van der Waals surface area contributed by atoms with Crippen LogP contribution in [0.15, 0.2) is 0 Å². The minimum absolute atomic E-state index is 0.0190. The van der Waals surface area contributed by atoms with E-state index in [1.807, 2.05) is 0 Å². The first-order valence-electron chi connectivity index (χ1n) is 6.35. The number of carboxylic acids is 1. The van der Waals surface area contributed by atoms with Gasteiger partial charge in [0.25, 0.3) is 0 Å². The maximum atomic E-state index is 11.8. The molecule has 0 aliphatic carbocycles. The average molecular weight is 256 g/mol. The van der Waals surface area contributed by atoms with Gasteiger partial charge in [-0.25, -0.2) is 0 Å². The molecule has 5 heteroatoms. The summed E-state index contributed by atoms with van der Waals surface area (Å²) < 4.78 is 0. The van der Waals surface area contributed by atoms with Gasteiger partial charge in [-0.15, -0.1) is 0 Å². The number of hydrogen-bond acceptors (Lipinski definition) is 3. The van der Waals surface area contributed by atoms with Gasteiger partial charge in [-0.1, -0.05) is 0 Å². The molecule has 1 fully saturated rings. The Kier molecular flexibility index (Phi) is 4.05. The SMILES string of the molecule is CC(C(=O)O)C(=O)NC1CC(C)(C)NC(C)(C)C1. The lowest BCUT2D eigenvalue weighted by molar-refractivity contribution is -0.146. The lowest BCUT2D eigenvalue weighted by atomic mass is 9.79. The van der Waals surface area contributed by atoms with Crippen LogP contribution < -0.4 is 10.6 Å². The van der Waals surface area contributed by atoms with Crippen LogP contribution >= 0.6 is 0 Å². The molecule has 0 aromatic rings. The number of nitrogens with one attached hydrogen (secondary N) is 2. The highest BCUT2D eigenvalue weighted by atomic mass is 16.4. The van der Waals surface area contributed by atoms with Crippen LogP contribution in [-0.2, 0) is 9.59 Å². The van der Waals surface area contributed by atoms with E-state index in [0.717, 1.165) is 12.8 Å². The van der Waals surface area contributed by atoms with Gasteiger partial charge in [0, 0.05) is 17.1 Å². The summed E-state index contributed by atoms with van der Waals surface area (Å²) in [5.74, 6) is -2.48. The van der Waals surface area contributed by atoms with Crippen LogP contribution in [0.2, 0.25) is 0 Å². The molecule has 0 aromatic carbocycles. The van der Waals surface area contributed by atoms with Crippen LogP contribution in [0.3, 0.4) is 0 Å². The van der Waals surface area contributed by atoms with Crippen LogP contribution in [0.1, 0.15) is 47.5 Å². The Morgan fingerprint density at radius 3 is 2.06 bits per heavy atom. The molecule has 0 saturated carbocycles. The molecular formula is C13H24N2O3. The van der Waals surface area contributed by atoms with Gasteiger partial charge in [0.1, 0.15) is 5.92 Å². The van der Waals surface area contributed by atoms with Gasteiger partial charge in [0.05, 0.1) is 0 Å². The highest BCUT2D eigenvalue weighted by Gasteiger charge is 2.38. The monoisotopic (exact) mass is 256 g/mol. The van der Waals surface area contributed by atoms with Crippen molar-refractivity contribution < 1.29 is 14.7 Å². The van der Waals surface area contributed by atoms with Gasteiger partial charge in [-0.05, 0) is 47.5 Å². The van der Waals surface area contributed by atoms with E-state index in [2.05, 4.69) is 38.3 Å². The summed E-state index contributed by atoms with van der Waals surface area (Å²) >= 11 is 0. The molecule has 1 aliphatic rings. The molecule has 1 aliphatic heterocycles. The molecule has 1 atom stereocenters. The van der Waals surface area contributed by atoms with Gasteiger partial charge in [0.15, 0.2) is 0 Å². The molecule has 1 heterocycles. The smallest absolute Gasteiger partial charge is 0.315 e. The summed E-state index contributed by atoms with van der Waals surface area (Å²) in [5, 5.41) is 15.2. The summed E-state index contributed by atoms with van der Waals surface area (Å²) in [6.07, 6.45) is 1.60. The third-order valence-electron chi connectivity index (χ3n) is 3.30. The number of piperidine rings is 1. The molecule has 0 aromatic heterocycles. The molecule has 1 saturated heterocycles. The van der Waals surface area contributed by atoms with Crippen LogP contribution in [0, 0.1) is 5.92 Å². The Morgan fingerprint density at radius 2 is 1.67 bits per heavy atom. The normalized spacial score (nSPS) is 24.3. The maximum absolute atomic E-state index is 11.8. The van der Waals surface area contributed by atoms with Crippen molar-refractivity contribution in [2.24, 2.45) is 5.92 Å². The van der Waals surface area contributed by atoms with E-state index in [9.17, 15) is 9.59 Å². The quantitative estimate of drug-likeness (QED) is 0.661. The molecule has 18 heavy (non-hydrogen) atoms. The van der Waals surface area contributed by atoms with Gasteiger partial charge in [-0.3, -0.25) is 9.59 Å². The average Bonchev–Trinajstić information content (AvgIpc) is 2.10. The zero-order chi connectivity index (χ0) is 14.1. The van der Waals surface area contributed by atoms with E-state index >= 15 is 0 Å². The zero-order valence-electron chi connectivity index (χ0n) is 11.8. The van der Waals surface area contributed by atoms with Gasteiger partial charge in [-0.2, -0.15) is 0 Å². The molecule has 1 rings (SSSR count). The number of aliphatic carboxylic acids is 1. The van der Waals surface area contributed by atoms with E-state index in [1.54, 1.807) is 0 Å². The molecule has 0 spiro atoms. The topological polar surface area (TPSA) is 78.4 Å². The third kappa shape index (κ3) is 3.98. The Labute approximate surface area is 108 Å². The van der Waals surface area contributed by atoms with Gasteiger partial charge < -0.3 is 15.7 Å². The Hall–Kier alpha value is -1.10. The van der Waals surface area contributed by atoms with Crippen molar-refractivity contribution in [2.75, 3.05) is 0 Å². The Morgan fingerprint density at radius 1 is 1.22 bits per heavy atom. The van der Waals surface area contributed by atoms with Crippen LogP contribution in [-0.4, -0.2) is 34.1 Å². The molecule has 1 amide bonds. The van der Waals surface area contributed by atoms with Crippen molar-refractivity contribution >= 4 is 11.9 Å². The summed E-state index contributed by atoms with van der Waals surface area (Å²) in [4.78, 5) is 22.5. The summed E-state index contributed by atoms with van der Waals surface area (Å²) in [6, 6.07) is 0.0190. The van der Waals surface area contributed by atoms with Crippen LogP contribution in [0.5, 0.6) is 0 Å². The fraction of sp³-hybridized carbons (Fsp3) is 0.846. The minimum Gasteiger partial charge on any atom is -0.481 e. The summed E-state index contributed by atoms with van der Waals surface area (Å²) in [5.41, 5.74) is -0.127. The second kappa shape index (κ2) is 4.88. The first-order valence-corrected chi connectivity index (χ1v) is 6.35. The molecule has 0 bridgehead atoms. The van der Waals surface area contributed by atoms with Crippen molar-refractivity contribution in [3.05, 3.63) is 0 Å². The van der Waals surface area contributed by atoms with Crippen molar-refractivity contribution in [1.82, 2.24) is 10.6 Å². The number of amides is 1. The lowest BCUT2D eigenvalue weighted by Crippen LogP contribution is -2.62. The number of carbonyl (C=O) groups is 2. The number of hydrogen-bond donors (Lipinski definition) is 3.